The molecule has 2 heterocycles. The molecule has 4 nitrogen and oxygen atoms in total. The minimum Gasteiger partial charge on any atom is -0.348 e. The van der Waals surface area contributed by atoms with E-state index in [1.165, 1.54) is 11.1 Å². The van der Waals surface area contributed by atoms with E-state index >= 15 is 0 Å². The molecule has 31 heavy (non-hydrogen) atoms. The molecular weight excluding hydrogens is 402 g/mol. The zero-order chi connectivity index (χ0) is 21.4. The van der Waals surface area contributed by atoms with Gasteiger partial charge in [0.15, 0.2) is 4.96 Å². The molecule has 0 unspecified atom stereocenters. The van der Waals surface area contributed by atoms with Crippen molar-refractivity contribution < 1.29 is 4.79 Å². The van der Waals surface area contributed by atoms with Crippen LogP contribution in [0.5, 0.6) is 0 Å². The summed E-state index contributed by atoms with van der Waals surface area (Å²) in [6.07, 6.45) is 3.11. The van der Waals surface area contributed by atoms with E-state index in [0.717, 1.165) is 38.4 Å². The molecule has 3 aromatic carbocycles. The largest absolute Gasteiger partial charge is 0.348 e. The fourth-order valence-corrected chi connectivity index (χ4v) is 4.73. The standard InChI is InChI=1S/C26H23N3OS/c1-3-18-8-10-20(11-9-18)22-16-29-23-13-12-21(14-24(23)31-26(29)28-22)25(30)27-15-19-6-4-17(2)5-7-19/h4-14,16H,3,15H2,1-2H3,(H,27,30). The number of amides is 1. The van der Waals surface area contributed by atoms with Crippen molar-refractivity contribution in [2.24, 2.45) is 0 Å². The summed E-state index contributed by atoms with van der Waals surface area (Å²) < 4.78 is 3.16. The number of aryl methyl sites for hydroxylation is 2. The highest BCUT2D eigenvalue weighted by atomic mass is 32.1. The number of thiazole rings is 1. The number of rotatable bonds is 5. The minimum absolute atomic E-state index is 0.0646. The first-order valence-corrected chi connectivity index (χ1v) is 11.3. The van der Waals surface area contributed by atoms with Crippen LogP contribution in [-0.4, -0.2) is 15.3 Å². The highest BCUT2D eigenvalue weighted by Gasteiger charge is 2.13. The van der Waals surface area contributed by atoms with Crippen molar-refractivity contribution in [3.8, 4) is 11.3 Å². The van der Waals surface area contributed by atoms with E-state index in [2.05, 4.69) is 66.2 Å². The van der Waals surface area contributed by atoms with Gasteiger partial charge in [0, 0.05) is 23.9 Å². The number of carbonyl (C=O) groups excluding carboxylic acids is 1. The van der Waals surface area contributed by atoms with Gasteiger partial charge in [0.05, 0.1) is 15.9 Å². The number of carbonyl (C=O) groups is 1. The molecule has 154 valence electrons. The molecule has 0 radical (unpaired) electrons. The SMILES string of the molecule is CCc1ccc(-c2cn3c(n2)sc2cc(C(=O)NCc4ccc(C)cc4)ccc23)cc1. The first-order valence-electron chi connectivity index (χ1n) is 10.5. The zero-order valence-corrected chi connectivity index (χ0v) is 18.4. The second kappa shape index (κ2) is 8.00. The molecule has 5 heteroatoms. The number of imidazole rings is 1. The molecule has 0 aliphatic carbocycles. The van der Waals surface area contributed by atoms with Crippen molar-refractivity contribution in [3.05, 3.63) is 95.2 Å². The predicted molar refractivity (Wildman–Crippen MR) is 128 cm³/mol. The summed E-state index contributed by atoms with van der Waals surface area (Å²) >= 11 is 1.60. The lowest BCUT2D eigenvalue weighted by atomic mass is 10.1. The number of nitrogens with one attached hydrogen (secondary N) is 1. The summed E-state index contributed by atoms with van der Waals surface area (Å²) in [5, 5.41) is 3.01. The van der Waals surface area contributed by atoms with Crippen LogP contribution in [0.15, 0.2) is 72.9 Å². The average Bonchev–Trinajstić information content (AvgIpc) is 3.36. The first-order chi connectivity index (χ1) is 15.1. The summed E-state index contributed by atoms with van der Waals surface area (Å²) in [6.45, 7) is 4.73. The second-order valence-corrected chi connectivity index (χ2v) is 8.79. The molecular formula is C26H23N3OS. The van der Waals surface area contributed by atoms with Gasteiger partial charge < -0.3 is 5.32 Å². The Morgan fingerprint density at radius 2 is 1.74 bits per heavy atom. The number of hydrogen-bond acceptors (Lipinski definition) is 3. The topological polar surface area (TPSA) is 46.4 Å². The Bertz CT molecular complexity index is 1380. The molecule has 0 aliphatic heterocycles. The van der Waals surface area contributed by atoms with Gasteiger partial charge in [0.1, 0.15) is 0 Å². The monoisotopic (exact) mass is 425 g/mol. The van der Waals surface area contributed by atoms with Crippen molar-refractivity contribution in [2.75, 3.05) is 0 Å². The fraction of sp³-hybridized carbons (Fsp3) is 0.154. The molecule has 0 spiro atoms. The molecule has 0 aliphatic rings. The third-order valence-corrected chi connectivity index (χ3v) is 6.61. The Morgan fingerprint density at radius 3 is 2.48 bits per heavy atom. The van der Waals surface area contributed by atoms with Gasteiger partial charge in [-0.1, -0.05) is 72.4 Å². The van der Waals surface area contributed by atoms with Gasteiger partial charge in [0.2, 0.25) is 0 Å². The van der Waals surface area contributed by atoms with E-state index in [9.17, 15) is 4.79 Å². The molecule has 0 fully saturated rings. The second-order valence-electron chi connectivity index (χ2n) is 7.78. The lowest BCUT2D eigenvalue weighted by Gasteiger charge is -2.06. The molecule has 0 atom stereocenters. The van der Waals surface area contributed by atoms with Gasteiger partial charge in [-0.3, -0.25) is 9.20 Å². The van der Waals surface area contributed by atoms with Crippen LogP contribution in [0.3, 0.4) is 0 Å². The van der Waals surface area contributed by atoms with E-state index in [0.29, 0.717) is 12.1 Å². The third kappa shape index (κ3) is 3.84. The molecule has 5 rings (SSSR count). The summed E-state index contributed by atoms with van der Waals surface area (Å²) in [5.74, 6) is -0.0646. The van der Waals surface area contributed by atoms with E-state index in [4.69, 9.17) is 4.98 Å². The van der Waals surface area contributed by atoms with Crippen LogP contribution in [-0.2, 0) is 13.0 Å². The van der Waals surface area contributed by atoms with Gasteiger partial charge in [-0.25, -0.2) is 4.98 Å². The minimum atomic E-state index is -0.0646. The van der Waals surface area contributed by atoms with Crippen molar-refractivity contribution in [2.45, 2.75) is 26.8 Å². The van der Waals surface area contributed by atoms with Crippen LogP contribution in [0, 0.1) is 6.92 Å². The lowest BCUT2D eigenvalue weighted by molar-refractivity contribution is 0.0951. The first kappa shape index (κ1) is 19.5. The van der Waals surface area contributed by atoms with Crippen LogP contribution in [0.1, 0.15) is 34.0 Å². The van der Waals surface area contributed by atoms with Crippen LogP contribution >= 0.6 is 11.3 Å². The summed E-state index contributed by atoms with van der Waals surface area (Å²) in [4.78, 5) is 18.4. The zero-order valence-electron chi connectivity index (χ0n) is 17.6. The highest BCUT2D eigenvalue weighted by Crippen LogP contribution is 2.30. The van der Waals surface area contributed by atoms with Crippen LogP contribution in [0.25, 0.3) is 26.4 Å². The Hall–Kier alpha value is -3.44. The molecule has 0 bridgehead atoms. The van der Waals surface area contributed by atoms with E-state index < -0.39 is 0 Å². The number of aromatic nitrogens is 2. The van der Waals surface area contributed by atoms with Gasteiger partial charge >= 0.3 is 0 Å². The normalized spacial score (nSPS) is 11.3. The lowest BCUT2D eigenvalue weighted by Crippen LogP contribution is -2.22. The average molecular weight is 426 g/mol. The Labute approximate surface area is 185 Å². The predicted octanol–water partition coefficient (Wildman–Crippen LogP) is 6.02. The summed E-state index contributed by atoms with van der Waals surface area (Å²) in [7, 11) is 0. The highest BCUT2D eigenvalue weighted by molar-refractivity contribution is 7.23. The smallest absolute Gasteiger partial charge is 0.251 e. The number of hydrogen-bond donors (Lipinski definition) is 1. The number of benzene rings is 3. The van der Waals surface area contributed by atoms with Crippen molar-refractivity contribution in [3.63, 3.8) is 0 Å². The quantitative estimate of drug-likeness (QED) is 0.374. The maximum atomic E-state index is 12.6. The van der Waals surface area contributed by atoms with Crippen molar-refractivity contribution in [1.29, 1.82) is 0 Å². The maximum Gasteiger partial charge on any atom is 0.251 e. The number of nitrogens with zero attached hydrogens (tertiary/aromatic N) is 2. The van der Waals surface area contributed by atoms with E-state index in [1.807, 2.05) is 30.3 Å². The molecule has 1 N–H and O–H groups in total. The van der Waals surface area contributed by atoms with Crippen LogP contribution < -0.4 is 5.32 Å². The van der Waals surface area contributed by atoms with Gasteiger partial charge in [-0.2, -0.15) is 0 Å². The van der Waals surface area contributed by atoms with Crippen LogP contribution in [0.2, 0.25) is 0 Å². The van der Waals surface area contributed by atoms with Gasteiger partial charge in [0.25, 0.3) is 5.91 Å². The molecule has 0 saturated carbocycles. The van der Waals surface area contributed by atoms with E-state index in [-0.39, 0.29) is 5.91 Å². The van der Waals surface area contributed by atoms with Crippen LogP contribution in [0.4, 0.5) is 0 Å². The third-order valence-electron chi connectivity index (χ3n) is 5.59. The fourth-order valence-electron chi connectivity index (χ4n) is 3.68. The van der Waals surface area contributed by atoms with E-state index in [1.54, 1.807) is 11.3 Å². The molecule has 5 aromatic rings. The van der Waals surface area contributed by atoms with Crippen molar-refractivity contribution >= 4 is 32.4 Å². The molecule has 0 saturated heterocycles. The Kier molecular flexibility index (Phi) is 5.04. The molecule has 2 aromatic heterocycles. The summed E-state index contributed by atoms with van der Waals surface area (Å²) in [5.41, 5.74) is 7.45. The maximum absolute atomic E-state index is 12.6. The Balaban J connectivity index is 1.38. The van der Waals surface area contributed by atoms with Crippen molar-refractivity contribution in [1.82, 2.24) is 14.7 Å². The number of fused-ring (bicyclic) bond motifs is 3. The van der Waals surface area contributed by atoms with Gasteiger partial charge in [-0.15, -0.1) is 0 Å². The Morgan fingerprint density at radius 1 is 1.00 bits per heavy atom. The van der Waals surface area contributed by atoms with Gasteiger partial charge in [-0.05, 0) is 42.7 Å². The molecule has 1 amide bonds. The summed E-state index contributed by atoms with van der Waals surface area (Å²) in [6, 6.07) is 22.6.